The smallest absolute Gasteiger partial charge is 0.0502 e. The molecule has 0 amide bonds. The van der Waals surface area contributed by atoms with Crippen LogP contribution >= 0.6 is 0 Å². The highest BCUT2D eigenvalue weighted by molar-refractivity contribution is 6.12. The Morgan fingerprint density at radius 1 is 0.345 bits per heavy atom. The Bertz CT molecular complexity index is 2840. The van der Waals surface area contributed by atoms with Crippen LogP contribution in [0.1, 0.15) is 74.9 Å². The third kappa shape index (κ3) is 4.16. The number of anilines is 6. The molecule has 3 nitrogen and oxygen atoms in total. The van der Waals surface area contributed by atoms with Gasteiger partial charge < -0.3 is 14.4 Å². The summed E-state index contributed by atoms with van der Waals surface area (Å²) in [5.41, 5.74) is 20.4. The molecule has 3 heterocycles. The number of hydrogen-bond donors (Lipinski definition) is 0. The van der Waals surface area contributed by atoms with E-state index >= 15 is 0 Å². The maximum Gasteiger partial charge on any atom is 0.0502 e. The van der Waals surface area contributed by atoms with E-state index in [-0.39, 0.29) is 16.2 Å². The van der Waals surface area contributed by atoms with E-state index in [1.54, 1.807) is 0 Å². The molecule has 7 aromatic carbocycles. The second kappa shape index (κ2) is 10.8. The van der Waals surface area contributed by atoms with Gasteiger partial charge in [0.15, 0.2) is 0 Å². The maximum atomic E-state index is 2.51. The lowest BCUT2D eigenvalue weighted by molar-refractivity contribution is 0.631. The second-order valence-electron chi connectivity index (χ2n) is 17.5. The summed E-state index contributed by atoms with van der Waals surface area (Å²) in [5, 5.41) is 2.59. The predicted octanol–water partition coefficient (Wildman–Crippen LogP) is 13.9. The molecule has 0 unspecified atom stereocenters. The highest BCUT2D eigenvalue weighted by Gasteiger charge is 2.40. The zero-order valence-electron chi connectivity index (χ0n) is 32.7. The number of aryl methyl sites for hydroxylation is 1. The second-order valence-corrected chi connectivity index (χ2v) is 17.5. The van der Waals surface area contributed by atoms with Crippen LogP contribution in [0.15, 0.2) is 146 Å². The van der Waals surface area contributed by atoms with Crippen LogP contribution in [-0.2, 0) is 23.3 Å². The van der Waals surface area contributed by atoms with Crippen molar-refractivity contribution >= 4 is 55.9 Å². The van der Waals surface area contributed by atoms with E-state index in [1.165, 1.54) is 100 Å². The van der Waals surface area contributed by atoms with Gasteiger partial charge in [-0.25, -0.2) is 0 Å². The molecular weight excluding hydrogens is 667 g/mol. The molecular formula is C52H45N3. The molecule has 1 aromatic heterocycles. The average Bonchev–Trinajstić information content (AvgIpc) is 3.59. The highest BCUT2D eigenvalue weighted by Crippen LogP contribution is 2.56. The van der Waals surface area contributed by atoms with Gasteiger partial charge in [-0.15, -0.1) is 0 Å². The first kappa shape index (κ1) is 32.4. The topological polar surface area (TPSA) is 11.4 Å². The number of rotatable bonds is 2. The number of nitrogens with zero attached hydrogens (tertiary/aromatic N) is 3. The fourth-order valence-electron chi connectivity index (χ4n) is 10.6. The van der Waals surface area contributed by atoms with E-state index in [2.05, 4.69) is 209 Å². The fraction of sp³-hybridized carbons (Fsp3) is 0.192. The molecule has 0 saturated carbocycles. The number of aromatic nitrogens is 1. The molecule has 268 valence electrons. The summed E-state index contributed by atoms with van der Waals surface area (Å²) in [6, 6.07) is 54.9. The average molecular weight is 712 g/mol. The Hall–Kier alpha value is -6.06. The van der Waals surface area contributed by atoms with Crippen LogP contribution in [0.3, 0.4) is 0 Å². The van der Waals surface area contributed by atoms with Gasteiger partial charge in [0.2, 0.25) is 0 Å². The molecule has 0 bridgehead atoms. The monoisotopic (exact) mass is 711 g/mol. The van der Waals surface area contributed by atoms with Gasteiger partial charge >= 0.3 is 0 Å². The lowest BCUT2D eigenvalue weighted by Gasteiger charge is -2.42. The molecule has 3 aliphatic rings. The third-order valence-electron chi connectivity index (χ3n) is 13.6. The molecule has 2 aliphatic heterocycles. The molecule has 3 heteroatoms. The molecule has 0 saturated heterocycles. The van der Waals surface area contributed by atoms with Crippen LogP contribution in [0.25, 0.3) is 32.9 Å². The summed E-state index contributed by atoms with van der Waals surface area (Å²) >= 11 is 0. The van der Waals surface area contributed by atoms with Crippen LogP contribution in [0.5, 0.6) is 0 Å². The first-order valence-corrected chi connectivity index (χ1v) is 19.7. The highest BCUT2D eigenvalue weighted by atomic mass is 15.2. The quantitative estimate of drug-likeness (QED) is 0.177. The minimum Gasteiger partial charge on any atom is -0.344 e. The van der Waals surface area contributed by atoms with E-state index in [0.29, 0.717) is 0 Å². The van der Waals surface area contributed by atoms with Crippen molar-refractivity contribution in [2.45, 2.75) is 57.8 Å². The van der Waals surface area contributed by atoms with Crippen LogP contribution in [0.4, 0.5) is 34.1 Å². The molecule has 55 heavy (non-hydrogen) atoms. The van der Waals surface area contributed by atoms with Crippen LogP contribution in [-0.4, -0.2) is 4.57 Å². The van der Waals surface area contributed by atoms with Crippen molar-refractivity contribution in [1.82, 2.24) is 4.57 Å². The van der Waals surface area contributed by atoms with Gasteiger partial charge in [-0.3, -0.25) is 0 Å². The van der Waals surface area contributed by atoms with Gasteiger partial charge in [0.1, 0.15) is 0 Å². The lowest BCUT2D eigenvalue weighted by Crippen LogP contribution is -2.30. The molecule has 11 rings (SSSR count). The van der Waals surface area contributed by atoms with Crippen LogP contribution in [0, 0.1) is 0 Å². The van der Waals surface area contributed by atoms with Gasteiger partial charge in [0.25, 0.3) is 0 Å². The first-order valence-electron chi connectivity index (χ1n) is 19.7. The van der Waals surface area contributed by atoms with E-state index < -0.39 is 0 Å². The van der Waals surface area contributed by atoms with Gasteiger partial charge in [0.05, 0.1) is 22.7 Å². The van der Waals surface area contributed by atoms with Crippen molar-refractivity contribution in [3.63, 3.8) is 0 Å². The summed E-state index contributed by atoms with van der Waals surface area (Å²) in [7, 11) is 2.22. The van der Waals surface area contributed by atoms with Gasteiger partial charge in [-0.2, -0.15) is 0 Å². The minimum absolute atomic E-state index is 0.0873. The molecule has 1 aliphatic carbocycles. The maximum absolute atomic E-state index is 2.51. The van der Waals surface area contributed by atoms with E-state index in [1.807, 2.05) is 0 Å². The molecule has 0 radical (unpaired) electrons. The zero-order chi connectivity index (χ0) is 37.6. The Morgan fingerprint density at radius 3 is 1.25 bits per heavy atom. The van der Waals surface area contributed by atoms with Crippen molar-refractivity contribution < 1.29 is 0 Å². The first-order chi connectivity index (χ1) is 26.5. The summed E-state index contributed by atoms with van der Waals surface area (Å²) in [6.45, 7) is 14.2. The van der Waals surface area contributed by atoms with Gasteiger partial charge in [-0.05, 0) is 111 Å². The predicted molar refractivity (Wildman–Crippen MR) is 232 cm³/mol. The molecule has 0 fully saturated rings. The fourth-order valence-corrected chi connectivity index (χ4v) is 10.6. The largest absolute Gasteiger partial charge is 0.344 e. The summed E-state index contributed by atoms with van der Waals surface area (Å²) in [6.07, 6.45) is 0. The van der Waals surface area contributed by atoms with E-state index in [4.69, 9.17) is 0 Å². The normalized spacial score (nSPS) is 16.6. The van der Waals surface area contributed by atoms with Crippen LogP contribution < -0.4 is 9.80 Å². The SMILES string of the molecule is Cn1c2ccc(N3c4ccccc4C(C)(C)c4ccccc43)cc2c2cc3c(cc21)-c1ccc(N2c4ccccc4C(C)(C)c4ccccc42)cc1C3(C)C. The van der Waals surface area contributed by atoms with Crippen molar-refractivity contribution in [2.24, 2.45) is 7.05 Å². The van der Waals surface area contributed by atoms with Crippen LogP contribution in [0.2, 0.25) is 0 Å². The number of para-hydroxylation sites is 4. The number of benzene rings is 7. The van der Waals surface area contributed by atoms with Gasteiger partial charge in [0, 0.05) is 56.5 Å². The van der Waals surface area contributed by atoms with Gasteiger partial charge in [-0.1, -0.05) is 120 Å². The van der Waals surface area contributed by atoms with Crippen molar-refractivity contribution in [3.8, 4) is 11.1 Å². The Balaban J connectivity index is 1.07. The van der Waals surface area contributed by atoms with E-state index in [0.717, 1.165) is 0 Å². The van der Waals surface area contributed by atoms with Crippen molar-refractivity contribution in [3.05, 3.63) is 179 Å². The Kier molecular flexibility index (Phi) is 6.35. The van der Waals surface area contributed by atoms with Crippen molar-refractivity contribution in [2.75, 3.05) is 9.80 Å². The number of fused-ring (bicyclic) bond motifs is 10. The Morgan fingerprint density at radius 2 is 0.745 bits per heavy atom. The summed E-state index contributed by atoms with van der Waals surface area (Å²) < 4.78 is 2.39. The van der Waals surface area contributed by atoms with Crippen molar-refractivity contribution in [1.29, 1.82) is 0 Å². The zero-order valence-corrected chi connectivity index (χ0v) is 32.7. The molecule has 0 spiro atoms. The summed E-state index contributed by atoms with van der Waals surface area (Å²) in [5.74, 6) is 0. The third-order valence-corrected chi connectivity index (χ3v) is 13.6. The minimum atomic E-state index is -0.181. The molecule has 0 N–H and O–H groups in total. The Labute approximate surface area is 324 Å². The number of hydrogen-bond acceptors (Lipinski definition) is 2. The van der Waals surface area contributed by atoms with E-state index in [9.17, 15) is 0 Å². The standard InChI is InChI=1S/C52H45N3/c1-50(2)38-16-8-12-20-45(38)54(46-21-13-9-17-39(46)50)32-25-27-44-36(28-32)37-30-43-35(31-49(37)53(44)7)34-26-24-33(29-42(34)52(43,5)6)55-47-22-14-10-18-40(47)51(3,4)41-19-11-15-23-48(41)55/h8-31H,1-7H3. The lowest BCUT2D eigenvalue weighted by atomic mass is 9.73. The summed E-state index contributed by atoms with van der Waals surface area (Å²) in [4.78, 5) is 4.96. The molecule has 0 atom stereocenters. The molecule has 8 aromatic rings.